The van der Waals surface area contributed by atoms with Crippen molar-refractivity contribution in [3.05, 3.63) is 23.5 Å². The van der Waals surface area contributed by atoms with E-state index in [-0.39, 0.29) is 30.7 Å². The molecule has 0 saturated heterocycles. The van der Waals surface area contributed by atoms with E-state index in [1.54, 1.807) is 17.8 Å². The molecule has 0 unspecified atom stereocenters. The number of carbonyl (C=O) groups is 1. The highest BCUT2D eigenvalue weighted by Gasteiger charge is 2.17. The molecule has 0 spiro atoms. The predicted octanol–water partition coefficient (Wildman–Crippen LogP) is 1.63. The molecule has 1 aliphatic rings. The second-order valence-corrected chi connectivity index (χ2v) is 3.44. The molecule has 0 radical (unpaired) electrons. The minimum Gasteiger partial charge on any atom is -0.366 e. The van der Waals surface area contributed by atoms with E-state index in [0.29, 0.717) is 5.56 Å². The van der Waals surface area contributed by atoms with E-state index in [4.69, 9.17) is 5.73 Å². The Morgan fingerprint density at radius 2 is 2.23 bits per heavy atom. The summed E-state index contributed by atoms with van der Waals surface area (Å²) in [7, 11) is 0. The van der Waals surface area contributed by atoms with Gasteiger partial charge in [0, 0.05) is 17.6 Å². The largest absolute Gasteiger partial charge is 0.366 e. The van der Waals surface area contributed by atoms with Crippen LogP contribution in [0.2, 0.25) is 0 Å². The van der Waals surface area contributed by atoms with Gasteiger partial charge in [0.2, 0.25) is 0 Å². The minimum atomic E-state index is -0.318. The fraction of sp³-hybridized carbons (Fsp3) is 0.286. The van der Waals surface area contributed by atoms with Crippen LogP contribution in [-0.2, 0) is 11.6 Å². The highest BCUT2D eigenvalue weighted by Crippen LogP contribution is 2.26. The monoisotopic (exact) mass is 240 g/mol. The van der Waals surface area contributed by atoms with Crippen molar-refractivity contribution >= 4 is 42.5 Å². The molecule has 74 valence electrons. The van der Waals surface area contributed by atoms with Gasteiger partial charge in [-0.25, -0.2) is 0 Å². The standard InChI is InChI=1S/C7H8N2OS.2ClH/c8-7(10)5-1-2-9-4-11-3-6(5)9;;/h1-2H,3-4H2,(H2,8,10);2*1H. The average molecular weight is 241 g/mol. The normalized spacial score (nSPS) is 12.6. The fourth-order valence-electron chi connectivity index (χ4n) is 1.25. The van der Waals surface area contributed by atoms with Crippen molar-refractivity contribution in [1.82, 2.24) is 4.57 Å². The Morgan fingerprint density at radius 1 is 1.54 bits per heavy atom. The van der Waals surface area contributed by atoms with E-state index >= 15 is 0 Å². The SMILES string of the molecule is Cl.Cl.NC(=O)c1ccn2c1CSC2. The molecule has 13 heavy (non-hydrogen) atoms. The van der Waals surface area contributed by atoms with Gasteiger partial charge in [0.05, 0.1) is 11.4 Å². The number of nitrogens with zero attached hydrogens (tertiary/aromatic N) is 1. The highest BCUT2D eigenvalue weighted by atomic mass is 35.5. The van der Waals surface area contributed by atoms with Gasteiger partial charge in [-0.15, -0.1) is 36.6 Å². The van der Waals surface area contributed by atoms with Crippen molar-refractivity contribution in [2.24, 2.45) is 5.73 Å². The maximum Gasteiger partial charge on any atom is 0.250 e. The van der Waals surface area contributed by atoms with Crippen LogP contribution in [0.5, 0.6) is 0 Å². The number of hydrogen-bond acceptors (Lipinski definition) is 2. The van der Waals surface area contributed by atoms with E-state index in [9.17, 15) is 4.79 Å². The molecule has 1 amide bonds. The summed E-state index contributed by atoms with van der Waals surface area (Å²) < 4.78 is 2.06. The number of hydrogen-bond donors (Lipinski definition) is 1. The lowest BCUT2D eigenvalue weighted by Crippen LogP contribution is -2.12. The van der Waals surface area contributed by atoms with E-state index in [1.807, 2.05) is 6.20 Å². The number of amides is 1. The molecule has 2 N–H and O–H groups in total. The Bertz CT molecular complexity index is 313. The minimum absolute atomic E-state index is 0. The number of nitrogens with two attached hydrogens (primary N) is 1. The first-order valence-electron chi connectivity index (χ1n) is 3.34. The van der Waals surface area contributed by atoms with Crippen LogP contribution >= 0.6 is 36.6 Å². The summed E-state index contributed by atoms with van der Waals surface area (Å²) in [6.07, 6.45) is 1.91. The first-order valence-corrected chi connectivity index (χ1v) is 4.50. The Kier molecular flexibility index (Phi) is 4.67. The van der Waals surface area contributed by atoms with Gasteiger partial charge in [-0.2, -0.15) is 0 Å². The summed E-state index contributed by atoms with van der Waals surface area (Å²) in [5, 5.41) is 0. The molecule has 6 heteroatoms. The molecule has 0 fully saturated rings. The Morgan fingerprint density at radius 3 is 2.85 bits per heavy atom. The van der Waals surface area contributed by atoms with Crippen LogP contribution in [0.25, 0.3) is 0 Å². The lowest BCUT2D eigenvalue weighted by atomic mass is 10.2. The molecule has 0 bridgehead atoms. The second kappa shape index (κ2) is 4.79. The molecule has 0 aromatic carbocycles. The maximum atomic E-state index is 10.8. The lowest BCUT2D eigenvalue weighted by Gasteiger charge is -1.94. The quantitative estimate of drug-likeness (QED) is 0.812. The van der Waals surface area contributed by atoms with Gasteiger partial charge in [-0.3, -0.25) is 4.79 Å². The van der Waals surface area contributed by atoms with Crippen LogP contribution in [0.4, 0.5) is 0 Å². The molecule has 1 aromatic heterocycles. The molecule has 1 aromatic rings. The van der Waals surface area contributed by atoms with Gasteiger partial charge in [0.1, 0.15) is 0 Å². The Balaban J connectivity index is 0.000000720. The fourth-order valence-corrected chi connectivity index (χ4v) is 2.30. The van der Waals surface area contributed by atoms with E-state index < -0.39 is 0 Å². The highest BCUT2D eigenvalue weighted by molar-refractivity contribution is 7.97. The van der Waals surface area contributed by atoms with Gasteiger partial charge in [-0.05, 0) is 6.07 Å². The summed E-state index contributed by atoms with van der Waals surface area (Å²) in [4.78, 5) is 10.8. The summed E-state index contributed by atoms with van der Waals surface area (Å²) >= 11 is 1.80. The third kappa shape index (κ3) is 2.13. The van der Waals surface area contributed by atoms with E-state index in [2.05, 4.69) is 4.57 Å². The van der Waals surface area contributed by atoms with Crippen molar-refractivity contribution in [2.75, 3.05) is 0 Å². The summed E-state index contributed by atoms with van der Waals surface area (Å²) in [6, 6.07) is 1.79. The van der Waals surface area contributed by atoms with Crippen molar-refractivity contribution < 1.29 is 4.79 Å². The molecule has 3 nitrogen and oxygen atoms in total. The summed E-state index contributed by atoms with van der Waals surface area (Å²) in [5.74, 6) is 1.54. The van der Waals surface area contributed by atoms with Crippen LogP contribution in [0.1, 0.15) is 16.1 Å². The first-order chi connectivity index (χ1) is 5.29. The predicted molar refractivity (Wildman–Crippen MR) is 58.7 cm³/mol. The number of thioether (sulfide) groups is 1. The molecule has 0 atom stereocenters. The molecular formula is C7H10Cl2N2OS. The second-order valence-electron chi connectivity index (χ2n) is 2.49. The number of carbonyl (C=O) groups excluding carboxylic acids is 1. The van der Waals surface area contributed by atoms with E-state index in [1.165, 1.54) is 0 Å². The molecule has 2 rings (SSSR count). The Labute approximate surface area is 92.9 Å². The van der Waals surface area contributed by atoms with Gasteiger partial charge in [-0.1, -0.05) is 0 Å². The number of primary amides is 1. The van der Waals surface area contributed by atoms with Crippen LogP contribution < -0.4 is 5.73 Å². The first kappa shape index (κ1) is 12.7. The van der Waals surface area contributed by atoms with Crippen LogP contribution in [0.15, 0.2) is 12.3 Å². The summed E-state index contributed by atoms with van der Waals surface area (Å²) in [6.45, 7) is 0. The van der Waals surface area contributed by atoms with Crippen LogP contribution in [-0.4, -0.2) is 10.5 Å². The number of fused-ring (bicyclic) bond motifs is 1. The van der Waals surface area contributed by atoms with E-state index in [0.717, 1.165) is 17.3 Å². The van der Waals surface area contributed by atoms with Gasteiger partial charge < -0.3 is 10.3 Å². The maximum absolute atomic E-state index is 10.8. The van der Waals surface area contributed by atoms with Gasteiger partial charge >= 0.3 is 0 Å². The van der Waals surface area contributed by atoms with Crippen molar-refractivity contribution in [1.29, 1.82) is 0 Å². The number of aromatic nitrogens is 1. The van der Waals surface area contributed by atoms with Crippen molar-refractivity contribution in [2.45, 2.75) is 11.6 Å². The molecule has 0 saturated carbocycles. The zero-order valence-electron chi connectivity index (χ0n) is 6.73. The number of rotatable bonds is 1. The Hall–Kier alpha value is -0.320. The zero-order chi connectivity index (χ0) is 7.84. The number of halogens is 2. The van der Waals surface area contributed by atoms with Crippen LogP contribution in [0, 0.1) is 0 Å². The molecular weight excluding hydrogens is 231 g/mol. The van der Waals surface area contributed by atoms with Gasteiger partial charge in [0.25, 0.3) is 5.91 Å². The smallest absolute Gasteiger partial charge is 0.250 e. The molecule has 0 aliphatic carbocycles. The average Bonchev–Trinajstić information content (AvgIpc) is 2.41. The van der Waals surface area contributed by atoms with Crippen LogP contribution in [0.3, 0.4) is 0 Å². The topological polar surface area (TPSA) is 48.0 Å². The third-order valence-corrected chi connectivity index (χ3v) is 2.75. The molecule has 2 heterocycles. The molecule has 1 aliphatic heterocycles. The van der Waals surface area contributed by atoms with Crippen molar-refractivity contribution in [3.8, 4) is 0 Å². The lowest BCUT2D eigenvalue weighted by molar-refractivity contribution is 0.0999. The summed E-state index contributed by atoms with van der Waals surface area (Å²) in [5.41, 5.74) is 6.92. The zero-order valence-corrected chi connectivity index (χ0v) is 9.18. The third-order valence-electron chi connectivity index (χ3n) is 1.81. The van der Waals surface area contributed by atoms with Gasteiger partial charge in [0.15, 0.2) is 0 Å². The van der Waals surface area contributed by atoms with Crippen molar-refractivity contribution in [3.63, 3.8) is 0 Å².